The standard InChI is InChI=1S/C28H31N3O3/c1-19-8-5-6-11-25(19)26-13-12-23(15-24(26)18-32-3)28-30-27(31-34-28)22-10-7-9-21(14-22)17-29-16-20(2)33-4/h5-15,20,29H,16-18H2,1-4H3. The Morgan fingerprint density at radius 3 is 2.59 bits per heavy atom. The quantitative estimate of drug-likeness (QED) is 0.332. The predicted molar refractivity (Wildman–Crippen MR) is 134 cm³/mol. The molecule has 1 atom stereocenters. The third-order valence-electron chi connectivity index (χ3n) is 5.86. The lowest BCUT2D eigenvalue weighted by Gasteiger charge is -2.12. The monoisotopic (exact) mass is 457 g/mol. The van der Waals surface area contributed by atoms with Gasteiger partial charge in [0.05, 0.1) is 12.7 Å². The summed E-state index contributed by atoms with van der Waals surface area (Å²) >= 11 is 0. The molecule has 34 heavy (non-hydrogen) atoms. The molecule has 0 bridgehead atoms. The molecular formula is C28H31N3O3. The smallest absolute Gasteiger partial charge is 0.258 e. The third kappa shape index (κ3) is 5.59. The number of nitrogens with zero attached hydrogens (tertiary/aromatic N) is 2. The van der Waals surface area contributed by atoms with Crippen molar-refractivity contribution in [2.75, 3.05) is 20.8 Å². The van der Waals surface area contributed by atoms with Gasteiger partial charge in [-0.25, -0.2) is 0 Å². The Labute approximate surface area is 200 Å². The number of methoxy groups -OCH3 is 2. The molecule has 176 valence electrons. The van der Waals surface area contributed by atoms with E-state index in [0.717, 1.165) is 40.9 Å². The Kier molecular flexibility index (Phi) is 7.85. The second-order valence-electron chi connectivity index (χ2n) is 8.42. The van der Waals surface area contributed by atoms with Crippen molar-refractivity contribution < 1.29 is 14.0 Å². The van der Waals surface area contributed by atoms with Gasteiger partial charge < -0.3 is 19.3 Å². The summed E-state index contributed by atoms with van der Waals surface area (Å²) in [6.07, 6.45) is 0.170. The normalized spacial score (nSPS) is 12.1. The van der Waals surface area contributed by atoms with Gasteiger partial charge in [0.15, 0.2) is 0 Å². The molecule has 0 saturated carbocycles. The summed E-state index contributed by atoms with van der Waals surface area (Å²) in [5.74, 6) is 1.06. The Balaban J connectivity index is 1.57. The lowest BCUT2D eigenvalue weighted by atomic mass is 9.94. The van der Waals surface area contributed by atoms with E-state index in [1.807, 2.05) is 31.2 Å². The van der Waals surface area contributed by atoms with Crippen LogP contribution in [-0.4, -0.2) is 37.0 Å². The highest BCUT2D eigenvalue weighted by Crippen LogP contribution is 2.31. The molecule has 0 fully saturated rings. The average molecular weight is 458 g/mol. The maximum Gasteiger partial charge on any atom is 0.258 e. The zero-order valence-electron chi connectivity index (χ0n) is 20.2. The maximum absolute atomic E-state index is 5.64. The van der Waals surface area contributed by atoms with Crippen LogP contribution in [0, 0.1) is 6.92 Å². The van der Waals surface area contributed by atoms with E-state index in [0.29, 0.717) is 18.3 Å². The minimum atomic E-state index is 0.170. The van der Waals surface area contributed by atoms with Gasteiger partial charge in [-0.05, 0) is 59.9 Å². The zero-order chi connectivity index (χ0) is 23.9. The Morgan fingerprint density at radius 2 is 1.79 bits per heavy atom. The molecule has 4 aromatic rings. The highest BCUT2D eigenvalue weighted by molar-refractivity contribution is 5.74. The number of aryl methyl sites for hydroxylation is 1. The van der Waals surface area contributed by atoms with E-state index < -0.39 is 0 Å². The summed E-state index contributed by atoms with van der Waals surface area (Å²) in [6.45, 7) is 6.18. The van der Waals surface area contributed by atoms with Crippen LogP contribution >= 0.6 is 0 Å². The number of hydrogen-bond donors (Lipinski definition) is 1. The van der Waals surface area contributed by atoms with Crippen LogP contribution in [0.4, 0.5) is 0 Å². The molecule has 1 N–H and O–H groups in total. The summed E-state index contributed by atoms with van der Waals surface area (Å²) in [4.78, 5) is 4.68. The van der Waals surface area contributed by atoms with Crippen molar-refractivity contribution in [3.8, 4) is 34.0 Å². The van der Waals surface area contributed by atoms with Crippen LogP contribution in [0.1, 0.15) is 23.6 Å². The Hall–Kier alpha value is -3.32. The molecule has 6 heteroatoms. The molecule has 0 aliphatic rings. The maximum atomic E-state index is 5.64. The molecule has 4 rings (SSSR count). The zero-order valence-corrected chi connectivity index (χ0v) is 20.2. The number of ether oxygens (including phenoxy) is 2. The highest BCUT2D eigenvalue weighted by atomic mass is 16.5. The molecule has 6 nitrogen and oxygen atoms in total. The van der Waals surface area contributed by atoms with Crippen molar-refractivity contribution in [3.63, 3.8) is 0 Å². The van der Waals surface area contributed by atoms with E-state index >= 15 is 0 Å². The fraction of sp³-hybridized carbons (Fsp3) is 0.286. The average Bonchev–Trinajstić information content (AvgIpc) is 3.35. The molecule has 0 saturated heterocycles. The van der Waals surface area contributed by atoms with E-state index in [1.165, 1.54) is 11.1 Å². The number of benzene rings is 3. The highest BCUT2D eigenvalue weighted by Gasteiger charge is 2.15. The van der Waals surface area contributed by atoms with Crippen molar-refractivity contribution in [1.29, 1.82) is 0 Å². The summed E-state index contributed by atoms with van der Waals surface area (Å²) in [5.41, 5.74) is 7.57. The van der Waals surface area contributed by atoms with E-state index in [9.17, 15) is 0 Å². The van der Waals surface area contributed by atoms with E-state index in [-0.39, 0.29) is 6.10 Å². The Bertz CT molecular complexity index is 1240. The minimum Gasteiger partial charge on any atom is -0.380 e. The van der Waals surface area contributed by atoms with Crippen LogP contribution in [0.2, 0.25) is 0 Å². The van der Waals surface area contributed by atoms with Crippen molar-refractivity contribution in [1.82, 2.24) is 15.5 Å². The summed E-state index contributed by atoms with van der Waals surface area (Å²) < 4.78 is 16.4. The van der Waals surface area contributed by atoms with Crippen LogP contribution in [0.25, 0.3) is 34.0 Å². The fourth-order valence-electron chi connectivity index (χ4n) is 3.92. The molecule has 0 amide bonds. The van der Waals surface area contributed by atoms with Crippen molar-refractivity contribution >= 4 is 0 Å². The molecule has 1 aromatic heterocycles. The molecule has 3 aromatic carbocycles. The van der Waals surface area contributed by atoms with Crippen molar-refractivity contribution in [2.24, 2.45) is 0 Å². The first-order valence-corrected chi connectivity index (χ1v) is 11.4. The van der Waals surface area contributed by atoms with Gasteiger partial charge in [-0.2, -0.15) is 4.98 Å². The molecule has 0 aliphatic carbocycles. The van der Waals surface area contributed by atoms with Gasteiger partial charge in [-0.3, -0.25) is 0 Å². The lowest BCUT2D eigenvalue weighted by molar-refractivity contribution is 0.117. The van der Waals surface area contributed by atoms with E-state index in [4.69, 9.17) is 14.0 Å². The molecule has 0 spiro atoms. The van der Waals surface area contributed by atoms with Gasteiger partial charge >= 0.3 is 0 Å². The topological polar surface area (TPSA) is 69.4 Å². The summed E-state index contributed by atoms with van der Waals surface area (Å²) in [6, 6.07) is 22.7. The van der Waals surface area contributed by atoms with Crippen LogP contribution in [0.5, 0.6) is 0 Å². The van der Waals surface area contributed by atoms with Crippen molar-refractivity contribution in [3.05, 3.63) is 83.4 Å². The van der Waals surface area contributed by atoms with E-state index in [2.05, 4.69) is 64.8 Å². The largest absolute Gasteiger partial charge is 0.380 e. The second kappa shape index (κ2) is 11.2. The summed E-state index contributed by atoms with van der Waals surface area (Å²) in [7, 11) is 3.42. The first-order chi connectivity index (χ1) is 16.6. The van der Waals surface area contributed by atoms with Crippen LogP contribution in [-0.2, 0) is 22.6 Å². The Morgan fingerprint density at radius 1 is 0.941 bits per heavy atom. The number of rotatable bonds is 10. The number of hydrogen-bond acceptors (Lipinski definition) is 6. The first-order valence-electron chi connectivity index (χ1n) is 11.4. The van der Waals surface area contributed by atoms with Gasteiger partial charge in [0.25, 0.3) is 5.89 Å². The fourth-order valence-corrected chi connectivity index (χ4v) is 3.92. The molecule has 0 aliphatic heterocycles. The van der Waals surface area contributed by atoms with Crippen LogP contribution in [0.3, 0.4) is 0 Å². The van der Waals surface area contributed by atoms with Crippen LogP contribution in [0.15, 0.2) is 71.3 Å². The van der Waals surface area contributed by atoms with Gasteiger partial charge in [0.2, 0.25) is 5.82 Å². The van der Waals surface area contributed by atoms with Crippen LogP contribution < -0.4 is 5.32 Å². The van der Waals surface area contributed by atoms with Gasteiger partial charge in [0, 0.05) is 38.4 Å². The van der Waals surface area contributed by atoms with E-state index in [1.54, 1.807) is 14.2 Å². The molecule has 1 heterocycles. The minimum absolute atomic E-state index is 0.170. The lowest BCUT2D eigenvalue weighted by Crippen LogP contribution is -2.25. The SMILES string of the molecule is COCc1cc(-c2nc(-c3cccc(CNCC(C)OC)c3)no2)ccc1-c1ccccc1C. The van der Waals surface area contributed by atoms with Gasteiger partial charge in [0.1, 0.15) is 0 Å². The van der Waals surface area contributed by atoms with Gasteiger partial charge in [-0.1, -0.05) is 53.7 Å². The van der Waals surface area contributed by atoms with Gasteiger partial charge in [-0.15, -0.1) is 0 Å². The summed E-state index contributed by atoms with van der Waals surface area (Å²) in [5, 5.41) is 7.64. The number of aromatic nitrogens is 2. The molecule has 1 unspecified atom stereocenters. The second-order valence-corrected chi connectivity index (χ2v) is 8.42. The first kappa shape index (κ1) is 23.8. The molecular weight excluding hydrogens is 426 g/mol. The van der Waals surface area contributed by atoms with Crippen molar-refractivity contribution in [2.45, 2.75) is 33.1 Å². The third-order valence-corrected chi connectivity index (χ3v) is 5.86. The molecule has 0 radical (unpaired) electrons. The predicted octanol–water partition coefficient (Wildman–Crippen LogP) is 5.65. The number of nitrogens with one attached hydrogen (secondary N) is 1.